The Bertz CT molecular complexity index is 407. The summed E-state index contributed by atoms with van der Waals surface area (Å²) in [6.07, 6.45) is 0. The maximum absolute atomic E-state index is 12.3. The number of carbonyl (C=O) groups is 1. The molecule has 16 heavy (non-hydrogen) atoms. The van der Waals surface area contributed by atoms with E-state index in [1.807, 2.05) is 19.1 Å². The maximum atomic E-state index is 12.3. The molecule has 1 saturated heterocycles. The lowest BCUT2D eigenvalue weighted by Gasteiger charge is -2.32. The van der Waals surface area contributed by atoms with Gasteiger partial charge >= 0.3 is 0 Å². The van der Waals surface area contributed by atoms with Crippen LogP contribution in [0.3, 0.4) is 0 Å². The lowest BCUT2D eigenvalue weighted by atomic mass is 9.82. The van der Waals surface area contributed by atoms with Crippen molar-refractivity contribution in [2.24, 2.45) is 11.8 Å². The number of aryl methyl sites for hydroxylation is 1. The Morgan fingerprint density at radius 2 is 2.06 bits per heavy atom. The third-order valence-corrected chi connectivity index (χ3v) is 3.80. The van der Waals surface area contributed by atoms with Crippen LogP contribution in [0.4, 0.5) is 0 Å². The topological polar surface area (TPSA) is 29.1 Å². The second kappa shape index (κ2) is 4.38. The van der Waals surface area contributed by atoms with E-state index in [1.54, 1.807) is 0 Å². The minimum atomic E-state index is 0.141. The van der Waals surface area contributed by atoms with Crippen molar-refractivity contribution in [3.8, 4) is 0 Å². The molecule has 86 valence electrons. The van der Waals surface area contributed by atoms with E-state index in [0.717, 1.165) is 24.2 Å². The summed E-state index contributed by atoms with van der Waals surface area (Å²) in [5, 5.41) is 3.22. The molecule has 0 amide bonds. The zero-order chi connectivity index (χ0) is 11.7. The number of hydrogen-bond acceptors (Lipinski definition) is 2. The van der Waals surface area contributed by atoms with Gasteiger partial charge in [-0.15, -0.1) is 0 Å². The summed E-state index contributed by atoms with van der Waals surface area (Å²) in [4.78, 5) is 12.3. The average molecular weight is 217 g/mol. The molecular weight excluding hydrogens is 198 g/mol. The van der Waals surface area contributed by atoms with Gasteiger partial charge in [0.15, 0.2) is 5.78 Å². The van der Waals surface area contributed by atoms with Gasteiger partial charge in [-0.25, -0.2) is 0 Å². The molecule has 1 aromatic carbocycles. The molecule has 0 aliphatic carbocycles. The number of rotatable bonds is 3. The molecule has 1 aliphatic heterocycles. The zero-order valence-corrected chi connectivity index (χ0v) is 10.2. The predicted octanol–water partition coefficient (Wildman–Crippen LogP) is 2.34. The highest BCUT2D eigenvalue weighted by Gasteiger charge is 2.29. The Morgan fingerprint density at radius 3 is 2.62 bits per heavy atom. The van der Waals surface area contributed by atoms with Gasteiger partial charge in [0.05, 0.1) is 0 Å². The first-order chi connectivity index (χ1) is 7.61. The van der Waals surface area contributed by atoms with E-state index in [1.165, 1.54) is 5.56 Å². The summed E-state index contributed by atoms with van der Waals surface area (Å²) in [5.41, 5.74) is 3.23. The number of nitrogens with one attached hydrogen (secondary N) is 1. The van der Waals surface area contributed by atoms with Crippen LogP contribution in [0.2, 0.25) is 0 Å². The molecule has 2 nitrogen and oxygen atoms in total. The fourth-order valence-corrected chi connectivity index (χ4v) is 2.14. The molecule has 0 spiro atoms. The highest BCUT2D eigenvalue weighted by Crippen LogP contribution is 2.23. The third-order valence-electron chi connectivity index (χ3n) is 3.80. The summed E-state index contributed by atoms with van der Waals surface area (Å²) in [6.45, 7) is 8.11. The first kappa shape index (κ1) is 11.3. The molecule has 1 aliphatic rings. The van der Waals surface area contributed by atoms with Crippen LogP contribution in [-0.2, 0) is 0 Å². The summed E-state index contributed by atoms with van der Waals surface area (Å²) in [7, 11) is 0. The Labute approximate surface area is 97.1 Å². The highest BCUT2D eigenvalue weighted by atomic mass is 16.1. The molecule has 1 fully saturated rings. The Kier molecular flexibility index (Phi) is 3.10. The van der Waals surface area contributed by atoms with Crippen LogP contribution in [0, 0.1) is 25.7 Å². The summed E-state index contributed by atoms with van der Waals surface area (Å²) in [6, 6.07) is 5.98. The van der Waals surface area contributed by atoms with Crippen LogP contribution in [0.15, 0.2) is 18.2 Å². The molecule has 0 radical (unpaired) electrons. The number of hydrogen-bond donors (Lipinski definition) is 1. The van der Waals surface area contributed by atoms with Gasteiger partial charge in [0.2, 0.25) is 0 Å². The largest absolute Gasteiger partial charge is 0.316 e. The SMILES string of the molecule is Cc1cccc(C(=O)C(C)C2CNC2)c1C. The summed E-state index contributed by atoms with van der Waals surface area (Å²) >= 11 is 0. The monoisotopic (exact) mass is 217 g/mol. The van der Waals surface area contributed by atoms with Gasteiger partial charge in [-0.1, -0.05) is 25.1 Å². The fraction of sp³-hybridized carbons (Fsp3) is 0.500. The molecule has 1 N–H and O–H groups in total. The molecular formula is C14H19NO. The van der Waals surface area contributed by atoms with Crippen molar-refractivity contribution < 1.29 is 4.79 Å². The second-order valence-corrected chi connectivity index (χ2v) is 4.82. The molecule has 2 rings (SSSR count). The second-order valence-electron chi connectivity index (χ2n) is 4.82. The third kappa shape index (κ3) is 1.90. The minimum absolute atomic E-state index is 0.141. The van der Waals surface area contributed by atoms with Crippen molar-refractivity contribution in [3.05, 3.63) is 34.9 Å². The first-order valence-electron chi connectivity index (χ1n) is 5.92. The van der Waals surface area contributed by atoms with E-state index >= 15 is 0 Å². The molecule has 1 unspecified atom stereocenters. The van der Waals surface area contributed by atoms with Gasteiger partial charge in [-0.3, -0.25) is 4.79 Å². The van der Waals surface area contributed by atoms with Crippen LogP contribution < -0.4 is 5.32 Å². The predicted molar refractivity (Wildman–Crippen MR) is 65.8 cm³/mol. The van der Waals surface area contributed by atoms with Crippen LogP contribution in [-0.4, -0.2) is 18.9 Å². The van der Waals surface area contributed by atoms with Gasteiger partial charge in [-0.2, -0.15) is 0 Å². The van der Waals surface area contributed by atoms with E-state index in [4.69, 9.17) is 0 Å². The normalized spacial score (nSPS) is 17.9. The van der Waals surface area contributed by atoms with E-state index < -0.39 is 0 Å². The molecule has 0 saturated carbocycles. The van der Waals surface area contributed by atoms with Crippen molar-refractivity contribution in [1.82, 2.24) is 5.32 Å². The minimum Gasteiger partial charge on any atom is -0.316 e. The standard InChI is InChI=1S/C14H19NO/c1-9-5-4-6-13(10(9)2)14(16)11(3)12-7-15-8-12/h4-6,11-12,15H,7-8H2,1-3H3. The van der Waals surface area contributed by atoms with Crippen LogP contribution in [0.25, 0.3) is 0 Å². The lowest BCUT2D eigenvalue weighted by molar-refractivity contribution is 0.0853. The lowest BCUT2D eigenvalue weighted by Crippen LogP contribution is -2.47. The molecule has 1 aromatic rings. The fourth-order valence-electron chi connectivity index (χ4n) is 2.14. The van der Waals surface area contributed by atoms with Crippen molar-refractivity contribution in [2.45, 2.75) is 20.8 Å². The van der Waals surface area contributed by atoms with Crippen molar-refractivity contribution >= 4 is 5.78 Å². The molecule has 2 heteroatoms. The van der Waals surface area contributed by atoms with E-state index in [-0.39, 0.29) is 5.92 Å². The van der Waals surface area contributed by atoms with Gasteiger partial charge in [0, 0.05) is 11.5 Å². The number of benzene rings is 1. The van der Waals surface area contributed by atoms with Crippen molar-refractivity contribution in [1.29, 1.82) is 0 Å². The molecule has 0 aromatic heterocycles. The van der Waals surface area contributed by atoms with E-state index in [9.17, 15) is 4.79 Å². The van der Waals surface area contributed by atoms with Gasteiger partial charge in [0.25, 0.3) is 0 Å². The van der Waals surface area contributed by atoms with Gasteiger partial charge in [-0.05, 0) is 44.0 Å². The summed E-state index contributed by atoms with van der Waals surface area (Å²) < 4.78 is 0. The van der Waals surface area contributed by atoms with Crippen LogP contribution in [0.5, 0.6) is 0 Å². The summed E-state index contributed by atoms with van der Waals surface area (Å²) in [5.74, 6) is 0.960. The smallest absolute Gasteiger partial charge is 0.166 e. The van der Waals surface area contributed by atoms with Gasteiger partial charge < -0.3 is 5.32 Å². The van der Waals surface area contributed by atoms with Crippen molar-refractivity contribution in [2.75, 3.05) is 13.1 Å². The van der Waals surface area contributed by atoms with Crippen LogP contribution >= 0.6 is 0 Å². The Hall–Kier alpha value is -1.15. The number of Topliss-reactive ketones (excluding diaryl/α,β-unsaturated/α-hetero) is 1. The molecule has 1 atom stereocenters. The van der Waals surface area contributed by atoms with Crippen LogP contribution in [0.1, 0.15) is 28.4 Å². The average Bonchev–Trinajstić information content (AvgIpc) is 2.18. The highest BCUT2D eigenvalue weighted by molar-refractivity contribution is 5.99. The van der Waals surface area contributed by atoms with E-state index in [0.29, 0.717) is 11.7 Å². The zero-order valence-electron chi connectivity index (χ0n) is 10.2. The quantitative estimate of drug-likeness (QED) is 0.787. The molecule has 0 bridgehead atoms. The van der Waals surface area contributed by atoms with E-state index in [2.05, 4.69) is 25.2 Å². The van der Waals surface area contributed by atoms with Crippen molar-refractivity contribution in [3.63, 3.8) is 0 Å². The maximum Gasteiger partial charge on any atom is 0.166 e. The number of ketones is 1. The number of carbonyl (C=O) groups excluding carboxylic acids is 1. The molecule has 1 heterocycles. The Morgan fingerprint density at radius 1 is 1.38 bits per heavy atom. The first-order valence-corrected chi connectivity index (χ1v) is 5.92. The Balaban J connectivity index is 2.22. The van der Waals surface area contributed by atoms with Gasteiger partial charge in [0.1, 0.15) is 0 Å².